The van der Waals surface area contributed by atoms with E-state index in [4.69, 9.17) is 4.74 Å². The Morgan fingerprint density at radius 1 is 1.31 bits per heavy atom. The molecule has 26 heavy (non-hydrogen) atoms. The van der Waals surface area contributed by atoms with Gasteiger partial charge in [-0.25, -0.2) is 8.42 Å². The molecule has 144 valence electrons. The molecule has 0 aliphatic carbocycles. The summed E-state index contributed by atoms with van der Waals surface area (Å²) in [6.07, 6.45) is 3.59. The Balaban J connectivity index is 1.63. The van der Waals surface area contributed by atoms with Crippen molar-refractivity contribution in [3.05, 3.63) is 24.3 Å². The number of carbonyl (C=O) groups is 1. The van der Waals surface area contributed by atoms with Crippen molar-refractivity contribution in [2.75, 3.05) is 33.3 Å². The maximum atomic E-state index is 13.0. The first-order chi connectivity index (χ1) is 12.5. The average Bonchev–Trinajstić information content (AvgIpc) is 3.21. The van der Waals surface area contributed by atoms with Crippen LogP contribution < -0.4 is 15.4 Å². The van der Waals surface area contributed by atoms with E-state index < -0.39 is 10.0 Å². The van der Waals surface area contributed by atoms with E-state index in [1.807, 2.05) is 0 Å². The van der Waals surface area contributed by atoms with Crippen molar-refractivity contribution in [1.29, 1.82) is 0 Å². The number of amides is 1. The van der Waals surface area contributed by atoms with Gasteiger partial charge in [0.25, 0.3) is 0 Å². The molecular formula is C18H27N3O4S. The summed E-state index contributed by atoms with van der Waals surface area (Å²) in [5, 5.41) is 6.16. The maximum Gasteiger partial charge on any atom is 0.246 e. The van der Waals surface area contributed by atoms with Gasteiger partial charge in [-0.3, -0.25) is 4.79 Å². The monoisotopic (exact) mass is 381 g/mol. The minimum atomic E-state index is -3.61. The summed E-state index contributed by atoms with van der Waals surface area (Å²) in [4.78, 5) is 12.3. The van der Waals surface area contributed by atoms with Crippen molar-refractivity contribution in [2.24, 2.45) is 5.92 Å². The predicted molar refractivity (Wildman–Crippen MR) is 98.5 cm³/mol. The molecule has 0 aromatic heterocycles. The van der Waals surface area contributed by atoms with Crippen LogP contribution in [0.25, 0.3) is 0 Å². The standard InChI is InChI=1S/C18H27N3O4S/c1-25-16-8-2-3-9-17(16)26(23,24)21-11-5-6-14(13-21)12-20-18(22)15-7-4-10-19-15/h2-3,8-9,14-15,19H,4-7,10-13H2,1H3,(H,20,22). The fourth-order valence-electron chi connectivity index (χ4n) is 3.66. The molecule has 0 bridgehead atoms. The molecule has 2 atom stereocenters. The molecule has 1 amide bonds. The Kier molecular flexibility index (Phi) is 6.16. The van der Waals surface area contributed by atoms with Crippen molar-refractivity contribution < 1.29 is 17.9 Å². The molecule has 7 nitrogen and oxygen atoms in total. The molecule has 2 saturated heterocycles. The van der Waals surface area contributed by atoms with Gasteiger partial charge in [-0.1, -0.05) is 12.1 Å². The maximum absolute atomic E-state index is 13.0. The van der Waals surface area contributed by atoms with Crippen molar-refractivity contribution >= 4 is 15.9 Å². The van der Waals surface area contributed by atoms with Crippen LogP contribution in [0.2, 0.25) is 0 Å². The summed E-state index contributed by atoms with van der Waals surface area (Å²) in [6.45, 7) is 2.30. The Morgan fingerprint density at radius 3 is 2.85 bits per heavy atom. The van der Waals surface area contributed by atoms with E-state index in [1.54, 1.807) is 24.3 Å². The Hall–Kier alpha value is -1.64. The van der Waals surface area contributed by atoms with Crippen molar-refractivity contribution in [1.82, 2.24) is 14.9 Å². The van der Waals surface area contributed by atoms with Crippen LogP contribution in [0.3, 0.4) is 0 Å². The van der Waals surface area contributed by atoms with Gasteiger partial charge in [0.1, 0.15) is 10.6 Å². The third-order valence-corrected chi connectivity index (χ3v) is 7.01. The third kappa shape index (κ3) is 4.19. The quantitative estimate of drug-likeness (QED) is 0.767. The second-order valence-corrected chi connectivity index (χ2v) is 8.82. The van der Waals surface area contributed by atoms with E-state index in [0.29, 0.717) is 25.4 Å². The number of methoxy groups -OCH3 is 1. The molecule has 2 aliphatic heterocycles. The molecule has 2 aliphatic rings. The first-order valence-electron chi connectivity index (χ1n) is 9.16. The van der Waals surface area contributed by atoms with Gasteiger partial charge < -0.3 is 15.4 Å². The van der Waals surface area contributed by atoms with Crippen molar-refractivity contribution in [3.8, 4) is 5.75 Å². The normalized spacial score (nSPS) is 24.3. The summed E-state index contributed by atoms with van der Waals surface area (Å²) in [7, 11) is -2.14. The summed E-state index contributed by atoms with van der Waals surface area (Å²) < 4.78 is 32.7. The largest absolute Gasteiger partial charge is 0.495 e. The average molecular weight is 381 g/mol. The summed E-state index contributed by atoms with van der Waals surface area (Å²) in [6, 6.07) is 6.58. The Bertz CT molecular complexity index is 732. The van der Waals surface area contributed by atoms with E-state index in [2.05, 4.69) is 10.6 Å². The molecule has 2 heterocycles. The lowest BCUT2D eigenvalue weighted by Crippen LogP contribution is -2.46. The lowest BCUT2D eigenvalue weighted by Gasteiger charge is -2.32. The predicted octanol–water partition coefficient (Wildman–Crippen LogP) is 0.964. The number of nitrogens with zero attached hydrogens (tertiary/aromatic N) is 1. The zero-order chi connectivity index (χ0) is 18.6. The number of hydrogen-bond acceptors (Lipinski definition) is 5. The topological polar surface area (TPSA) is 87.7 Å². The molecule has 3 rings (SSSR count). The van der Waals surface area contributed by atoms with Crippen molar-refractivity contribution in [2.45, 2.75) is 36.6 Å². The lowest BCUT2D eigenvalue weighted by molar-refractivity contribution is -0.123. The number of piperidine rings is 1. The summed E-state index contributed by atoms with van der Waals surface area (Å²) in [5.41, 5.74) is 0. The van der Waals surface area contributed by atoms with Gasteiger partial charge in [0.2, 0.25) is 15.9 Å². The molecule has 0 radical (unpaired) electrons. The fraction of sp³-hybridized carbons (Fsp3) is 0.611. The molecule has 1 aromatic carbocycles. The second kappa shape index (κ2) is 8.37. The van der Waals surface area contributed by atoms with Crippen LogP contribution in [0.4, 0.5) is 0 Å². The molecule has 2 unspecified atom stereocenters. The molecule has 2 N–H and O–H groups in total. The van der Waals surface area contributed by atoms with Gasteiger partial charge in [0.05, 0.1) is 13.2 Å². The summed E-state index contributed by atoms with van der Waals surface area (Å²) >= 11 is 0. The highest BCUT2D eigenvalue weighted by molar-refractivity contribution is 7.89. The number of para-hydroxylation sites is 1. The number of rotatable bonds is 6. The van der Waals surface area contributed by atoms with E-state index in [-0.39, 0.29) is 22.8 Å². The molecule has 8 heteroatoms. The SMILES string of the molecule is COc1ccccc1S(=O)(=O)N1CCCC(CNC(=O)C2CCCN2)C1. The van der Waals surface area contributed by atoms with Crippen LogP contribution in [-0.4, -0.2) is 58.0 Å². The fourth-order valence-corrected chi connectivity index (χ4v) is 5.37. The van der Waals surface area contributed by atoms with Crippen LogP contribution in [0, 0.1) is 5.92 Å². The van der Waals surface area contributed by atoms with Crippen LogP contribution in [0.15, 0.2) is 29.2 Å². The first-order valence-corrected chi connectivity index (χ1v) is 10.6. The number of hydrogen-bond donors (Lipinski definition) is 2. The van der Waals surface area contributed by atoms with E-state index >= 15 is 0 Å². The van der Waals surface area contributed by atoms with Gasteiger partial charge >= 0.3 is 0 Å². The van der Waals surface area contributed by atoms with Crippen molar-refractivity contribution in [3.63, 3.8) is 0 Å². The third-order valence-electron chi connectivity index (χ3n) is 5.11. The second-order valence-electron chi connectivity index (χ2n) is 6.92. The lowest BCUT2D eigenvalue weighted by atomic mass is 9.99. The van der Waals surface area contributed by atoms with Gasteiger partial charge in [-0.15, -0.1) is 0 Å². The number of ether oxygens (including phenoxy) is 1. The minimum Gasteiger partial charge on any atom is -0.495 e. The van der Waals surface area contributed by atoms with E-state index in [0.717, 1.165) is 32.2 Å². The molecule has 2 fully saturated rings. The van der Waals surface area contributed by atoms with Gasteiger partial charge in [0, 0.05) is 19.6 Å². The van der Waals surface area contributed by atoms with Crippen LogP contribution in [0.1, 0.15) is 25.7 Å². The minimum absolute atomic E-state index is 0.0206. The van der Waals surface area contributed by atoms with Gasteiger partial charge in [0.15, 0.2) is 0 Å². The van der Waals surface area contributed by atoms with Gasteiger partial charge in [-0.05, 0) is 50.3 Å². The number of benzene rings is 1. The van der Waals surface area contributed by atoms with E-state index in [9.17, 15) is 13.2 Å². The molecular weight excluding hydrogens is 354 g/mol. The van der Waals surface area contributed by atoms with Crippen LogP contribution in [0.5, 0.6) is 5.75 Å². The smallest absolute Gasteiger partial charge is 0.246 e. The molecule has 0 spiro atoms. The number of carbonyl (C=O) groups excluding carboxylic acids is 1. The molecule has 1 aromatic rings. The van der Waals surface area contributed by atoms with E-state index in [1.165, 1.54) is 11.4 Å². The summed E-state index contributed by atoms with van der Waals surface area (Å²) in [5.74, 6) is 0.501. The Labute approximate surface area is 155 Å². The first kappa shape index (κ1) is 19.1. The highest BCUT2D eigenvalue weighted by atomic mass is 32.2. The van der Waals surface area contributed by atoms with Crippen LogP contribution in [-0.2, 0) is 14.8 Å². The molecule has 0 saturated carbocycles. The zero-order valence-electron chi connectivity index (χ0n) is 15.1. The number of sulfonamides is 1. The Morgan fingerprint density at radius 2 is 2.12 bits per heavy atom. The van der Waals surface area contributed by atoms with Crippen LogP contribution >= 0.6 is 0 Å². The highest BCUT2D eigenvalue weighted by Crippen LogP contribution is 2.29. The zero-order valence-corrected chi connectivity index (χ0v) is 15.9. The highest BCUT2D eigenvalue weighted by Gasteiger charge is 2.32. The number of nitrogens with one attached hydrogen (secondary N) is 2. The van der Waals surface area contributed by atoms with Gasteiger partial charge in [-0.2, -0.15) is 4.31 Å².